The fourth-order valence-corrected chi connectivity index (χ4v) is 4.17. The van der Waals surface area contributed by atoms with Crippen LogP contribution in [-0.4, -0.2) is 42.9 Å². The van der Waals surface area contributed by atoms with Crippen molar-refractivity contribution in [3.05, 3.63) is 46.0 Å². The molecule has 0 saturated heterocycles. The number of carboxylic acid groups (broad SMARTS) is 1. The van der Waals surface area contributed by atoms with Gasteiger partial charge in [0.2, 0.25) is 5.95 Å². The van der Waals surface area contributed by atoms with E-state index in [2.05, 4.69) is 25.6 Å². The lowest BCUT2D eigenvalue weighted by Gasteiger charge is -2.19. The first-order valence-electron chi connectivity index (χ1n) is 10.5. The van der Waals surface area contributed by atoms with Crippen LogP contribution in [0.3, 0.4) is 0 Å². The Kier molecular flexibility index (Phi) is 5.85. The predicted molar refractivity (Wildman–Crippen MR) is 120 cm³/mol. The van der Waals surface area contributed by atoms with Crippen molar-refractivity contribution in [2.75, 3.05) is 17.2 Å². The summed E-state index contributed by atoms with van der Waals surface area (Å²) in [6.07, 6.45) is 6.93. The number of nitrogens with one attached hydrogen (secondary N) is 2. The molecule has 0 amide bonds. The van der Waals surface area contributed by atoms with Gasteiger partial charge in [-0.15, -0.1) is 0 Å². The van der Waals surface area contributed by atoms with Crippen molar-refractivity contribution in [1.29, 1.82) is 0 Å². The quantitative estimate of drug-likeness (QED) is 0.477. The van der Waals surface area contributed by atoms with Gasteiger partial charge >= 0.3 is 5.97 Å². The number of hydrogen-bond donors (Lipinski definition) is 3. The average Bonchev–Trinajstić information content (AvgIpc) is 3.27. The Morgan fingerprint density at radius 1 is 1.19 bits per heavy atom. The van der Waals surface area contributed by atoms with Crippen molar-refractivity contribution >= 4 is 40.2 Å². The standard InChI is InChI=1S/C22H24N6O4/c1-12-16-10-25-22(26-17-8-7-14(9-24-17)23-11-18(30)31)27-20(16)28(15-5-3-4-6-15)21(32)19(12)13(2)29/h7-10,15,23H,3-6,11H2,1-2H3,(H,30,31)(H,24,25,26,27). The van der Waals surface area contributed by atoms with Crippen molar-refractivity contribution < 1.29 is 14.7 Å². The summed E-state index contributed by atoms with van der Waals surface area (Å²) in [6, 6.07) is 3.37. The van der Waals surface area contributed by atoms with Gasteiger partial charge in [-0.05, 0) is 44.4 Å². The van der Waals surface area contributed by atoms with Gasteiger partial charge in [0, 0.05) is 17.6 Å². The third-order valence-corrected chi connectivity index (χ3v) is 5.70. The van der Waals surface area contributed by atoms with E-state index in [9.17, 15) is 14.4 Å². The van der Waals surface area contributed by atoms with E-state index in [4.69, 9.17) is 5.11 Å². The first-order chi connectivity index (χ1) is 15.3. The third-order valence-electron chi connectivity index (χ3n) is 5.70. The van der Waals surface area contributed by atoms with E-state index in [1.54, 1.807) is 29.8 Å². The number of aromatic nitrogens is 4. The lowest BCUT2D eigenvalue weighted by molar-refractivity contribution is -0.134. The zero-order valence-corrected chi connectivity index (χ0v) is 17.9. The number of nitrogens with zero attached hydrogens (tertiary/aromatic N) is 4. The van der Waals surface area contributed by atoms with Crippen molar-refractivity contribution in [1.82, 2.24) is 19.5 Å². The zero-order valence-electron chi connectivity index (χ0n) is 17.9. The molecule has 4 rings (SSSR count). The van der Waals surface area contributed by atoms with Crippen LogP contribution in [0, 0.1) is 6.92 Å². The molecule has 3 aromatic heterocycles. The van der Waals surface area contributed by atoms with Crippen LogP contribution in [-0.2, 0) is 4.79 Å². The number of ketones is 1. The smallest absolute Gasteiger partial charge is 0.322 e. The molecule has 3 heterocycles. The fourth-order valence-electron chi connectivity index (χ4n) is 4.17. The van der Waals surface area contributed by atoms with Crippen molar-refractivity contribution in [2.24, 2.45) is 0 Å². The molecule has 0 radical (unpaired) electrons. The number of anilines is 3. The van der Waals surface area contributed by atoms with Crippen LogP contribution < -0.4 is 16.2 Å². The molecule has 0 aliphatic heterocycles. The first-order valence-corrected chi connectivity index (χ1v) is 10.5. The first kappa shape index (κ1) is 21.4. The maximum Gasteiger partial charge on any atom is 0.322 e. The molecular formula is C22H24N6O4. The lowest BCUT2D eigenvalue weighted by Crippen LogP contribution is -2.30. The Morgan fingerprint density at radius 2 is 1.94 bits per heavy atom. The number of rotatable bonds is 7. The Labute approximate surface area is 183 Å². The summed E-state index contributed by atoms with van der Waals surface area (Å²) in [6.45, 7) is 2.95. The van der Waals surface area contributed by atoms with Gasteiger partial charge in [0.15, 0.2) is 5.78 Å². The van der Waals surface area contributed by atoms with Gasteiger partial charge in [0.25, 0.3) is 5.56 Å². The van der Waals surface area contributed by atoms with Gasteiger partial charge in [-0.25, -0.2) is 9.97 Å². The van der Waals surface area contributed by atoms with E-state index in [1.807, 2.05) is 0 Å². The molecule has 0 atom stereocenters. The second-order valence-corrected chi connectivity index (χ2v) is 7.90. The summed E-state index contributed by atoms with van der Waals surface area (Å²) in [5, 5.41) is 15.2. The van der Waals surface area contributed by atoms with Gasteiger partial charge < -0.3 is 15.7 Å². The summed E-state index contributed by atoms with van der Waals surface area (Å²) in [5.41, 5.74) is 1.55. The molecule has 0 unspecified atom stereocenters. The van der Waals surface area contributed by atoms with Crippen LogP contribution in [0.25, 0.3) is 11.0 Å². The Hall–Kier alpha value is -3.82. The average molecular weight is 436 g/mol. The summed E-state index contributed by atoms with van der Waals surface area (Å²) in [4.78, 5) is 49.3. The van der Waals surface area contributed by atoms with E-state index in [1.165, 1.54) is 13.1 Å². The van der Waals surface area contributed by atoms with E-state index in [0.717, 1.165) is 25.7 Å². The number of Topliss-reactive ketones (excluding diaryl/α,β-unsaturated/α-hetero) is 1. The summed E-state index contributed by atoms with van der Waals surface area (Å²) in [7, 11) is 0. The van der Waals surface area contributed by atoms with Crippen LogP contribution in [0.4, 0.5) is 17.5 Å². The minimum atomic E-state index is -0.965. The second-order valence-electron chi connectivity index (χ2n) is 7.90. The number of hydrogen-bond acceptors (Lipinski definition) is 8. The Morgan fingerprint density at radius 3 is 2.56 bits per heavy atom. The van der Waals surface area contributed by atoms with Crippen LogP contribution in [0.1, 0.15) is 54.6 Å². The Bertz CT molecular complexity index is 1250. The molecule has 0 aromatic carbocycles. The summed E-state index contributed by atoms with van der Waals surface area (Å²) in [5.74, 6) is -0.480. The summed E-state index contributed by atoms with van der Waals surface area (Å²) < 4.78 is 1.66. The van der Waals surface area contributed by atoms with Crippen molar-refractivity contribution in [2.45, 2.75) is 45.6 Å². The van der Waals surface area contributed by atoms with Crippen LogP contribution >= 0.6 is 0 Å². The molecule has 0 spiro atoms. The van der Waals surface area contributed by atoms with E-state index < -0.39 is 5.97 Å². The van der Waals surface area contributed by atoms with Crippen molar-refractivity contribution in [3.63, 3.8) is 0 Å². The maximum absolute atomic E-state index is 13.2. The monoisotopic (exact) mass is 436 g/mol. The molecule has 1 saturated carbocycles. The Balaban J connectivity index is 1.72. The molecule has 3 aromatic rings. The van der Waals surface area contributed by atoms with Gasteiger partial charge in [-0.1, -0.05) is 12.8 Å². The molecule has 1 aliphatic rings. The van der Waals surface area contributed by atoms with Crippen LogP contribution in [0.2, 0.25) is 0 Å². The lowest BCUT2D eigenvalue weighted by atomic mass is 10.0. The molecule has 10 heteroatoms. The molecular weight excluding hydrogens is 412 g/mol. The maximum atomic E-state index is 13.2. The van der Waals surface area contributed by atoms with Gasteiger partial charge in [0.05, 0.1) is 17.4 Å². The van der Waals surface area contributed by atoms with Gasteiger partial charge in [0.1, 0.15) is 18.0 Å². The van der Waals surface area contributed by atoms with Crippen molar-refractivity contribution in [3.8, 4) is 0 Å². The molecule has 0 bridgehead atoms. The molecule has 32 heavy (non-hydrogen) atoms. The van der Waals surface area contributed by atoms with Crippen LogP contribution in [0.15, 0.2) is 29.3 Å². The van der Waals surface area contributed by atoms with E-state index in [-0.39, 0.29) is 35.4 Å². The van der Waals surface area contributed by atoms with E-state index >= 15 is 0 Å². The number of aryl methyl sites for hydroxylation is 1. The van der Waals surface area contributed by atoms with Crippen LogP contribution in [0.5, 0.6) is 0 Å². The predicted octanol–water partition coefficient (Wildman–Crippen LogP) is 3.05. The highest BCUT2D eigenvalue weighted by molar-refractivity contribution is 5.99. The highest BCUT2D eigenvalue weighted by atomic mass is 16.4. The second kappa shape index (κ2) is 8.74. The number of fused-ring (bicyclic) bond motifs is 1. The zero-order chi connectivity index (χ0) is 22.8. The molecule has 1 aliphatic carbocycles. The molecule has 166 valence electrons. The number of carbonyl (C=O) groups excluding carboxylic acids is 1. The molecule has 10 nitrogen and oxygen atoms in total. The third kappa shape index (κ3) is 4.16. The molecule has 1 fully saturated rings. The van der Waals surface area contributed by atoms with Gasteiger partial charge in [-0.3, -0.25) is 19.0 Å². The number of carbonyl (C=O) groups is 2. The number of carboxylic acids is 1. The largest absolute Gasteiger partial charge is 0.480 e. The minimum Gasteiger partial charge on any atom is -0.480 e. The molecule has 3 N–H and O–H groups in total. The normalized spacial score (nSPS) is 13.9. The van der Waals surface area contributed by atoms with E-state index in [0.29, 0.717) is 28.1 Å². The minimum absolute atomic E-state index is 0.00386. The van der Waals surface area contributed by atoms with Gasteiger partial charge in [-0.2, -0.15) is 4.98 Å². The topological polar surface area (TPSA) is 139 Å². The number of aliphatic carboxylic acids is 1. The SMILES string of the molecule is CC(=O)c1c(C)c2cnc(Nc3ccc(NCC(=O)O)cn3)nc2n(C2CCCC2)c1=O. The number of pyridine rings is 2. The fraction of sp³-hybridized carbons (Fsp3) is 0.364. The highest BCUT2D eigenvalue weighted by Crippen LogP contribution is 2.32. The highest BCUT2D eigenvalue weighted by Gasteiger charge is 2.25. The summed E-state index contributed by atoms with van der Waals surface area (Å²) >= 11 is 0.